The highest BCUT2D eigenvalue weighted by Crippen LogP contribution is 1.99. The Bertz CT molecular complexity index is 235. The molecule has 0 amide bonds. The van der Waals surface area contributed by atoms with Gasteiger partial charge in [-0.05, 0) is 0 Å². The van der Waals surface area contributed by atoms with E-state index in [0.29, 0.717) is 11.8 Å². The SMILES string of the molecule is C[n+]1ccn(CCCl)c1CCl.Cl. The summed E-state index contributed by atoms with van der Waals surface area (Å²) in [4.78, 5) is 0. The largest absolute Gasteiger partial charge is 0.271 e. The van der Waals surface area contributed by atoms with Gasteiger partial charge in [0.2, 0.25) is 0 Å². The molecule has 0 atom stereocenters. The Balaban J connectivity index is 0.00000121. The predicted molar refractivity (Wildman–Crippen MR) is 53.1 cm³/mol. The van der Waals surface area contributed by atoms with Crippen molar-refractivity contribution >= 4 is 35.6 Å². The average Bonchev–Trinajstić information content (AvgIpc) is 2.33. The molecule has 1 aromatic heterocycles. The number of alkyl halides is 2. The van der Waals surface area contributed by atoms with Gasteiger partial charge >= 0.3 is 0 Å². The normalized spacial score (nSPS) is 9.58. The van der Waals surface area contributed by atoms with E-state index in [1.807, 2.05) is 24.0 Å². The second-order valence-electron chi connectivity index (χ2n) is 2.34. The maximum atomic E-state index is 5.73. The highest BCUT2D eigenvalue weighted by atomic mass is 35.5. The molecule has 0 saturated heterocycles. The van der Waals surface area contributed by atoms with Gasteiger partial charge in [-0.1, -0.05) is 0 Å². The van der Waals surface area contributed by atoms with Crippen LogP contribution in [0.3, 0.4) is 0 Å². The van der Waals surface area contributed by atoms with Crippen LogP contribution in [0.2, 0.25) is 0 Å². The minimum atomic E-state index is 0. The summed E-state index contributed by atoms with van der Waals surface area (Å²) >= 11 is 11.3. The zero-order chi connectivity index (χ0) is 8.27. The van der Waals surface area contributed by atoms with E-state index < -0.39 is 0 Å². The van der Waals surface area contributed by atoms with Crippen molar-refractivity contribution in [1.82, 2.24) is 4.57 Å². The zero-order valence-corrected chi connectivity index (χ0v) is 9.16. The third-order valence-electron chi connectivity index (χ3n) is 1.65. The molecule has 1 aromatic rings. The number of aromatic nitrogens is 2. The van der Waals surface area contributed by atoms with Crippen molar-refractivity contribution in [2.75, 3.05) is 5.88 Å². The second kappa shape index (κ2) is 5.68. The molecule has 0 aliphatic heterocycles. The Hall–Kier alpha value is 0.0800. The molecule has 0 aliphatic carbocycles. The van der Waals surface area contributed by atoms with Gasteiger partial charge in [-0.15, -0.1) is 35.6 Å². The molecular weight excluding hydrogens is 218 g/mol. The van der Waals surface area contributed by atoms with Crippen LogP contribution in [-0.4, -0.2) is 10.4 Å². The molecule has 0 fully saturated rings. The molecule has 0 aliphatic rings. The maximum absolute atomic E-state index is 5.73. The standard InChI is InChI=1S/C7H11Cl2N2.ClH/c1-10-4-5-11(3-2-8)7(10)6-9;/h4-5H,2-3,6H2,1H3;1H/q+1;. The fourth-order valence-electron chi connectivity index (χ4n) is 1.02. The second-order valence-corrected chi connectivity index (χ2v) is 2.99. The van der Waals surface area contributed by atoms with Gasteiger partial charge in [0.05, 0.1) is 12.9 Å². The lowest BCUT2D eigenvalue weighted by atomic mass is 10.6. The molecule has 0 aromatic carbocycles. The molecule has 1 heterocycles. The van der Waals surface area contributed by atoms with Crippen molar-refractivity contribution in [3.63, 3.8) is 0 Å². The number of rotatable bonds is 3. The van der Waals surface area contributed by atoms with E-state index in [9.17, 15) is 0 Å². The fourth-order valence-corrected chi connectivity index (χ4v) is 1.54. The first-order chi connectivity index (χ1) is 5.29. The highest BCUT2D eigenvalue weighted by molar-refractivity contribution is 6.17. The van der Waals surface area contributed by atoms with E-state index in [1.165, 1.54) is 0 Å². The quantitative estimate of drug-likeness (QED) is 0.552. The van der Waals surface area contributed by atoms with Gasteiger partial charge in [-0.25, -0.2) is 9.13 Å². The van der Waals surface area contributed by atoms with Crippen LogP contribution < -0.4 is 4.57 Å². The molecule has 0 unspecified atom stereocenters. The topological polar surface area (TPSA) is 8.81 Å². The van der Waals surface area contributed by atoms with E-state index in [4.69, 9.17) is 23.2 Å². The molecular formula is C7H12Cl3N2+. The Kier molecular flexibility index (Phi) is 5.72. The van der Waals surface area contributed by atoms with Gasteiger partial charge in [0.1, 0.15) is 24.8 Å². The van der Waals surface area contributed by atoms with Crippen molar-refractivity contribution in [2.24, 2.45) is 7.05 Å². The average molecular weight is 231 g/mol. The van der Waals surface area contributed by atoms with Gasteiger partial charge in [0.15, 0.2) is 0 Å². The lowest BCUT2D eigenvalue weighted by molar-refractivity contribution is -0.677. The summed E-state index contributed by atoms with van der Waals surface area (Å²) in [6, 6.07) is 0. The number of nitrogens with zero attached hydrogens (tertiary/aromatic N) is 2. The number of imidazole rings is 1. The van der Waals surface area contributed by atoms with E-state index in [-0.39, 0.29) is 12.4 Å². The Labute approximate surface area is 88.5 Å². The summed E-state index contributed by atoms with van der Waals surface area (Å²) in [6.07, 6.45) is 3.96. The third-order valence-corrected chi connectivity index (χ3v) is 2.06. The van der Waals surface area contributed by atoms with Gasteiger partial charge in [-0.3, -0.25) is 0 Å². The Morgan fingerprint density at radius 1 is 1.50 bits per heavy atom. The third kappa shape index (κ3) is 2.54. The monoisotopic (exact) mass is 229 g/mol. The molecule has 0 radical (unpaired) electrons. The molecule has 0 spiro atoms. The van der Waals surface area contributed by atoms with E-state index in [1.54, 1.807) is 0 Å². The molecule has 1 rings (SSSR count). The van der Waals surface area contributed by atoms with Gasteiger partial charge in [-0.2, -0.15) is 0 Å². The summed E-state index contributed by atoms with van der Waals surface area (Å²) < 4.78 is 4.06. The summed E-state index contributed by atoms with van der Waals surface area (Å²) in [5, 5.41) is 0. The molecule has 12 heavy (non-hydrogen) atoms. The van der Waals surface area contributed by atoms with Gasteiger partial charge in [0.25, 0.3) is 5.82 Å². The Morgan fingerprint density at radius 3 is 2.67 bits per heavy atom. The van der Waals surface area contributed by atoms with Crippen molar-refractivity contribution in [1.29, 1.82) is 0 Å². The van der Waals surface area contributed by atoms with Crippen LogP contribution in [0.15, 0.2) is 12.4 Å². The number of hydrogen-bond acceptors (Lipinski definition) is 0. The number of halogens is 3. The minimum Gasteiger partial charge on any atom is -0.236 e. The molecule has 0 bridgehead atoms. The first kappa shape index (κ1) is 12.1. The molecule has 5 heteroatoms. The first-order valence-electron chi connectivity index (χ1n) is 3.45. The maximum Gasteiger partial charge on any atom is 0.271 e. The van der Waals surface area contributed by atoms with Crippen LogP contribution in [0, 0.1) is 0 Å². The van der Waals surface area contributed by atoms with Crippen LogP contribution in [0.25, 0.3) is 0 Å². The highest BCUT2D eigenvalue weighted by Gasteiger charge is 2.11. The van der Waals surface area contributed by atoms with Gasteiger partial charge in [0, 0.05) is 0 Å². The Morgan fingerprint density at radius 2 is 2.17 bits per heavy atom. The smallest absolute Gasteiger partial charge is 0.236 e. The minimum absolute atomic E-state index is 0. The first-order valence-corrected chi connectivity index (χ1v) is 4.52. The number of aryl methyl sites for hydroxylation is 2. The predicted octanol–water partition coefficient (Wildman–Crippen LogP) is 1.71. The fraction of sp³-hybridized carbons (Fsp3) is 0.571. The van der Waals surface area contributed by atoms with E-state index in [0.717, 1.165) is 12.4 Å². The van der Waals surface area contributed by atoms with Crippen LogP contribution in [0.1, 0.15) is 5.82 Å². The molecule has 2 nitrogen and oxygen atoms in total. The van der Waals surface area contributed by atoms with E-state index in [2.05, 4.69) is 4.57 Å². The van der Waals surface area contributed by atoms with Crippen molar-refractivity contribution in [2.45, 2.75) is 12.4 Å². The summed E-state index contributed by atoms with van der Waals surface area (Å²) in [6.45, 7) is 0.824. The molecule has 70 valence electrons. The summed E-state index contributed by atoms with van der Waals surface area (Å²) in [5.41, 5.74) is 0. The molecule has 0 saturated carbocycles. The lowest BCUT2D eigenvalue weighted by Gasteiger charge is -1.95. The van der Waals surface area contributed by atoms with Crippen molar-refractivity contribution in [3.8, 4) is 0 Å². The van der Waals surface area contributed by atoms with Gasteiger partial charge < -0.3 is 0 Å². The zero-order valence-electron chi connectivity index (χ0n) is 6.83. The van der Waals surface area contributed by atoms with Crippen molar-refractivity contribution < 1.29 is 4.57 Å². The number of hydrogen-bond donors (Lipinski definition) is 0. The van der Waals surface area contributed by atoms with Crippen LogP contribution >= 0.6 is 35.6 Å². The van der Waals surface area contributed by atoms with Crippen LogP contribution in [0.4, 0.5) is 0 Å². The summed E-state index contributed by atoms with van der Waals surface area (Å²) in [5.74, 6) is 2.24. The summed E-state index contributed by atoms with van der Waals surface area (Å²) in [7, 11) is 1.97. The van der Waals surface area contributed by atoms with Crippen LogP contribution in [-0.2, 0) is 19.5 Å². The lowest BCUT2D eigenvalue weighted by Crippen LogP contribution is -2.31. The van der Waals surface area contributed by atoms with Crippen molar-refractivity contribution in [3.05, 3.63) is 18.2 Å². The van der Waals surface area contributed by atoms with E-state index >= 15 is 0 Å². The van der Waals surface area contributed by atoms with Crippen LogP contribution in [0.5, 0.6) is 0 Å². The molecule has 0 N–H and O–H groups in total.